The van der Waals surface area contributed by atoms with Gasteiger partial charge in [0.1, 0.15) is 5.75 Å². The molecule has 6 nitrogen and oxygen atoms in total. The number of rotatable bonds is 7. The normalized spacial score (nSPS) is 21.8. The molecule has 0 N–H and O–H groups in total. The van der Waals surface area contributed by atoms with Crippen LogP contribution in [0.4, 0.5) is 0 Å². The van der Waals surface area contributed by atoms with Gasteiger partial charge in [0.05, 0.1) is 25.0 Å². The Morgan fingerprint density at radius 1 is 1.12 bits per heavy atom. The van der Waals surface area contributed by atoms with Gasteiger partial charge in [0.15, 0.2) is 16.1 Å². The minimum Gasteiger partial charge on any atom is -0.348 e. The first-order valence-electron chi connectivity index (χ1n) is 9.32. The van der Waals surface area contributed by atoms with E-state index in [2.05, 4.69) is 0 Å². The number of amides is 1. The highest BCUT2D eigenvalue weighted by atomic mass is 32.2. The van der Waals surface area contributed by atoms with E-state index in [4.69, 9.17) is 9.47 Å². The number of piperidine rings is 1. The number of likely N-dealkylation sites (tertiary alicyclic amines) is 1. The summed E-state index contributed by atoms with van der Waals surface area (Å²) in [6, 6.07) is 9.62. The molecule has 1 amide bonds. The lowest BCUT2D eigenvalue weighted by Crippen LogP contribution is -2.51. The molecule has 0 saturated carbocycles. The minimum absolute atomic E-state index is 0.0303. The average Bonchev–Trinajstić information content (AvgIpc) is 3.16. The highest BCUT2D eigenvalue weighted by molar-refractivity contribution is 7.92. The van der Waals surface area contributed by atoms with Gasteiger partial charge in [0.25, 0.3) is 0 Å². The summed E-state index contributed by atoms with van der Waals surface area (Å²) >= 11 is 0. The number of benzene rings is 1. The quantitative estimate of drug-likeness (QED) is 0.720. The first-order valence-corrected chi connectivity index (χ1v) is 11.1. The number of carbonyl (C=O) groups is 1. The lowest BCUT2D eigenvalue weighted by Gasteiger charge is -2.38. The number of aryl methyl sites for hydroxylation is 1. The molecule has 26 heavy (non-hydrogen) atoms. The standard InChI is InChI=1S/C19H27NO5S/c21-18(20-11-5-4-10-17(20)19-24-12-13-25-19)15-26(22,23)14-6-9-16-7-2-1-3-8-16/h1-3,7-8,17,19H,4-6,9-15H2. The summed E-state index contributed by atoms with van der Waals surface area (Å²) in [6.45, 7) is 1.63. The molecule has 2 heterocycles. The summed E-state index contributed by atoms with van der Waals surface area (Å²) in [5.74, 6) is -0.721. The van der Waals surface area contributed by atoms with Crippen molar-refractivity contribution < 1.29 is 22.7 Å². The third-order valence-electron chi connectivity index (χ3n) is 4.94. The van der Waals surface area contributed by atoms with Crippen LogP contribution in [0.3, 0.4) is 0 Å². The Labute approximate surface area is 155 Å². The molecule has 0 aromatic heterocycles. The Morgan fingerprint density at radius 2 is 1.85 bits per heavy atom. The number of carbonyl (C=O) groups excluding carboxylic acids is 1. The van der Waals surface area contributed by atoms with Crippen LogP contribution in [0.5, 0.6) is 0 Å². The summed E-state index contributed by atoms with van der Waals surface area (Å²) < 4.78 is 35.9. The van der Waals surface area contributed by atoms with Gasteiger partial charge in [-0.3, -0.25) is 4.79 Å². The van der Waals surface area contributed by atoms with E-state index in [0.29, 0.717) is 32.6 Å². The molecule has 1 atom stereocenters. The largest absolute Gasteiger partial charge is 0.348 e. The Morgan fingerprint density at radius 3 is 2.58 bits per heavy atom. The van der Waals surface area contributed by atoms with Crippen molar-refractivity contribution in [3.63, 3.8) is 0 Å². The second-order valence-corrected chi connectivity index (χ2v) is 9.13. The zero-order chi connectivity index (χ0) is 18.4. The van der Waals surface area contributed by atoms with Gasteiger partial charge in [0.2, 0.25) is 5.91 Å². The van der Waals surface area contributed by atoms with Gasteiger partial charge in [-0.15, -0.1) is 0 Å². The van der Waals surface area contributed by atoms with Gasteiger partial charge in [-0.1, -0.05) is 30.3 Å². The number of hydrogen-bond acceptors (Lipinski definition) is 5. The van der Waals surface area contributed by atoms with Crippen molar-refractivity contribution in [3.05, 3.63) is 35.9 Å². The summed E-state index contributed by atoms with van der Waals surface area (Å²) in [4.78, 5) is 14.3. The van der Waals surface area contributed by atoms with Gasteiger partial charge in [0, 0.05) is 6.54 Å². The van der Waals surface area contributed by atoms with E-state index in [9.17, 15) is 13.2 Å². The number of sulfone groups is 1. The van der Waals surface area contributed by atoms with Crippen molar-refractivity contribution in [1.82, 2.24) is 4.90 Å². The molecule has 3 rings (SSSR count). The Bertz CT molecular complexity index is 685. The van der Waals surface area contributed by atoms with Crippen LogP contribution in [-0.4, -0.2) is 62.8 Å². The van der Waals surface area contributed by atoms with Crippen LogP contribution in [0.2, 0.25) is 0 Å². The lowest BCUT2D eigenvalue weighted by atomic mass is 10.0. The van der Waals surface area contributed by atoms with Gasteiger partial charge in [-0.25, -0.2) is 8.42 Å². The monoisotopic (exact) mass is 381 g/mol. The zero-order valence-corrected chi connectivity index (χ0v) is 15.8. The van der Waals surface area contributed by atoms with E-state index >= 15 is 0 Å². The molecule has 1 aromatic rings. The van der Waals surface area contributed by atoms with Crippen molar-refractivity contribution in [1.29, 1.82) is 0 Å². The minimum atomic E-state index is -3.42. The predicted octanol–water partition coefficient (Wildman–Crippen LogP) is 1.79. The maximum absolute atomic E-state index is 12.6. The smallest absolute Gasteiger partial charge is 0.238 e. The molecular formula is C19H27NO5S. The van der Waals surface area contributed by atoms with Gasteiger partial charge < -0.3 is 14.4 Å². The topological polar surface area (TPSA) is 72.9 Å². The molecule has 0 aliphatic carbocycles. The number of hydrogen-bond donors (Lipinski definition) is 0. The fourth-order valence-electron chi connectivity index (χ4n) is 3.63. The van der Waals surface area contributed by atoms with Crippen LogP contribution in [-0.2, 0) is 30.5 Å². The summed E-state index contributed by atoms with van der Waals surface area (Å²) in [5, 5.41) is 0. The van der Waals surface area contributed by atoms with Crippen molar-refractivity contribution in [2.75, 3.05) is 31.3 Å². The Kier molecular flexibility index (Phi) is 6.67. The highest BCUT2D eigenvalue weighted by Crippen LogP contribution is 2.24. The molecule has 2 saturated heterocycles. The van der Waals surface area contributed by atoms with Crippen molar-refractivity contribution in [3.8, 4) is 0 Å². The van der Waals surface area contributed by atoms with Gasteiger partial charge in [-0.2, -0.15) is 0 Å². The fraction of sp³-hybridized carbons (Fsp3) is 0.632. The Hall–Kier alpha value is -1.44. The van der Waals surface area contributed by atoms with E-state index in [0.717, 1.165) is 24.8 Å². The van der Waals surface area contributed by atoms with Crippen LogP contribution >= 0.6 is 0 Å². The third-order valence-corrected chi connectivity index (χ3v) is 6.54. The SMILES string of the molecule is O=C(CS(=O)(=O)CCCc1ccccc1)N1CCCCC1C1OCCO1. The Balaban J connectivity index is 1.53. The fourth-order valence-corrected chi connectivity index (χ4v) is 4.90. The van der Waals surface area contributed by atoms with Crippen LogP contribution in [0, 0.1) is 0 Å². The molecule has 0 radical (unpaired) electrons. The molecule has 7 heteroatoms. The van der Waals surface area contributed by atoms with E-state index < -0.39 is 21.9 Å². The third kappa shape index (κ3) is 5.28. The zero-order valence-electron chi connectivity index (χ0n) is 15.0. The molecule has 144 valence electrons. The van der Waals surface area contributed by atoms with Crippen molar-refractivity contribution in [2.45, 2.75) is 44.4 Å². The van der Waals surface area contributed by atoms with Crippen LogP contribution in [0.1, 0.15) is 31.2 Å². The molecule has 0 bridgehead atoms. The molecule has 1 aromatic carbocycles. The van der Waals surface area contributed by atoms with E-state index in [1.165, 1.54) is 0 Å². The van der Waals surface area contributed by atoms with Gasteiger partial charge in [-0.05, 0) is 37.7 Å². The second kappa shape index (κ2) is 8.97. The molecular weight excluding hydrogens is 354 g/mol. The van der Waals surface area contributed by atoms with Crippen LogP contribution < -0.4 is 0 Å². The summed E-state index contributed by atoms with van der Waals surface area (Å²) in [6.07, 6.45) is 3.50. The van der Waals surface area contributed by atoms with E-state index in [-0.39, 0.29) is 17.7 Å². The predicted molar refractivity (Wildman–Crippen MR) is 98.5 cm³/mol. The molecule has 1 unspecified atom stereocenters. The maximum Gasteiger partial charge on any atom is 0.238 e. The first kappa shape index (κ1) is 19.3. The number of nitrogens with zero attached hydrogens (tertiary/aromatic N) is 1. The maximum atomic E-state index is 12.6. The first-order chi connectivity index (χ1) is 12.6. The second-order valence-electron chi connectivity index (χ2n) is 6.94. The van der Waals surface area contributed by atoms with Crippen LogP contribution in [0.15, 0.2) is 30.3 Å². The highest BCUT2D eigenvalue weighted by Gasteiger charge is 2.37. The molecule has 2 fully saturated rings. The summed E-state index contributed by atoms with van der Waals surface area (Å²) in [5.41, 5.74) is 1.11. The molecule has 0 spiro atoms. The molecule has 2 aliphatic rings. The lowest BCUT2D eigenvalue weighted by molar-refractivity contribution is -0.148. The van der Waals surface area contributed by atoms with Crippen molar-refractivity contribution in [2.24, 2.45) is 0 Å². The van der Waals surface area contributed by atoms with E-state index in [1.807, 2.05) is 30.3 Å². The number of ether oxygens (including phenoxy) is 2. The van der Waals surface area contributed by atoms with Crippen LogP contribution in [0.25, 0.3) is 0 Å². The van der Waals surface area contributed by atoms with Crippen molar-refractivity contribution >= 4 is 15.7 Å². The average molecular weight is 381 g/mol. The molecule has 2 aliphatic heterocycles. The van der Waals surface area contributed by atoms with Gasteiger partial charge >= 0.3 is 0 Å². The summed E-state index contributed by atoms with van der Waals surface area (Å²) in [7, 11) is -3.42. The van der Waals surface area contributed by atoms with E-state index in [1.54, 1.807) is 4.90 Å².